The summed E-state index contributed by atoms with van der Waals surface area (Å²) < 4.78 is 5.15. The van der Waals surface area contributed by atoms with E-state index in [0.717, 1.165) is 21.7 Å². The van der Waals surface area contributed by atoms with Crippen LogP contribution in [0, 0.1) is 0 Å². The number of anilines is 1. The lowest BCUT2D eigenvalue weighted by Crippen LogP contribution is -2.21. The molecule has 1 heterocycles. The SMILES string of the molecule is O=C(COC(=O)c1csc(-c2ccccc2)n1)Nc1ccccc1-c1ccccc1. The molecule has 0 aliphatic rings. The predicted octanol–water partition coefficient (Wildman–Crippen LogP) is 5.27. The van der Waals surface area contributed by atoms with Gasteiger partial charge in [0.05, 0.1) is 0 Å². The Labute approximate surface area is 178 Å². The van der Waals surface area contributed by atoms with Gasteiger partial charge < -0.3 is 10.1 Å². The number of thiazole rings is 1. The minimum atomic E-state index is -0.625. The first-order valence-electron chi connectivity index (χ1n) is 9.33. The molecule has 0 radical (unpaired) electrons. The molecular weight excluding hydrogens is 396 g/mol. The second-order valence-electron chi connectivity index (χ2n) is 6.44. The van der Waals surface area contributed by atoms with E-state index in [-0.39, 0.29) is 12.3 Å². The topological polar surface area (TPSA) is 68.3 Å². The lowest BCUT2D eigenvalue weighted by Gasteiger charge is -2.11. The van der Waals surface area contributed by atoms with Crippen LogP contribution in [-0.2, 0) is 9.53 Å². The van der Waals surface area contributed by atoms with Gasteiger partial charge in [-0.25, -0.2) is 9.78 Å². The number of esters is 1. The highest BCUT2D eigenvalue weighted by Gasteiger charge is 2.15. The van der Waals surface area contributed by atoms with Gasteiger partial charge in [0.1, 0.15) is 5.01 Å². The number of ether oxygens (including phenoxy) is 1. The number of nitrogens with zero attached hydrogens (tertiary/aromatic N) is 1. The molecule has 0 bridgehead atoms. The number of benzene rings is 3. The summed E-state index contributed by atoms with van der Waals surface area (Å²) in [7, 11) is 0. The molecule has 6 heteroatoms. The number of hydrogen-bond donors (Lipinski definition) is 1. The molecule has 1 aromatic heterocycles. The van der Waals surface area contributed by atoms with E-state index in [1.54, 1.807) is 5.38 Å². The van der Waals surface area contributed by atoms with Gasteiger partial charge in [0.15, 0.2) is 12.3 Å². The first kappa shape index (κ1) is 19.5. The van der Waals surface area contributed by atoms with Crippen molar-refractivity contribution in [3.05, 3.63) is 96.0 Å². The predicted molar refractivity (Wildman–Crippen MR) is 118 cm³/mol. The van der Waals surface area contributed by atoms with Crippen LogP contribution < -0.4 is 5.32 Å². The van der Waals surface area contributed by atoms with Crippen LogP contribution in [0.25, 0.3) is 21.7 Å². The van der Waals surface area contributed by atoms with Crippen LogP contribution >= 0.6 is 11.3 Å². The van der Waals surface area contributed by atoms with Gasteiger partial charge in [0.25, 0.3) is 5.91 Å². The van der Waals surface area contributed by atoms with Gasteiger partial charge in [-0.15, -0.1) is 11.3 Å². The Balaban J connectivity index is 1.38. The van der Waals surface area contributed by atoms with E-state index < -0.39 is 11.9 Å². The summed E-state index contributed by atoms with van der Waals surface area (Å²) in [5, 5.41) is 5.17. The molecule has 1 N–H and O–H groups in total. The molecule has 0 spiro atoms. The molecule has 0 unspecified atom stereocenters. The molecule has 4 aromatic rings. The zero-order chi connectivity index (χ0) is 20.8. The van der Waals surface area contributed by atoms with Crippen LogP contribution in [0.2, 0.25) is 0 Å². The maximum absolute atomic E-state index is 12.4. The number of amides is 1. The van der Waals surface area contributed by atoms with Gasteiger partial charge in [-0.05, 0) is 11.6 Å². The molecule has 0 saturated carbocycles. The molecule has 0 saturated heterocycles. The average Bonchev–Trinajstić information content (AvgIpc) is 3.30. The van der Waals surface area contributed by atoms with E-state index in [2.05, 4.69) is 10.3 Å². The fourth-order valence-electron chi connectivity index (χ4n) is 2.93. The van der Waals surface area contributed by atoms with Gasteiger partial charge in [-0.3, -0.25) is 4.79 Å². The standard InChI is InChI=1S/C24H18N2O3S/c27-22(25-20-14-8-7-13-19(20)17-9-3-1-4-10-17)15-29-24(28)21-16-30-23(26-21)18-11-5-2-6-12-18/h1-14,16H,15H2,(H,25,27). The molecule has 0 fully saturated rings. The third kappa shape index (κ3) is 4.61. The highest BCUT2D eigenvalue weighted by molar-refractivity contribution is 7.13. The number of carbonyl (C=O) groups excluding carboxylic acids is 2. The summed E-state index contributed by atoms with van der Waals surface area (Å²) in [4.78, 5) is 28.9. The third-order valence-corrected chi connectivity index (χ3v) is 5.25. The average molecular weight is 414 g/mol. The van der Waals surface area contributed by atoms with Crippen molar-refractivity contribution in [1.82, 2.24) is 4.98 Å². The van der Waals surface area contributed by atoms with E-state index in [9.17, 15) is 9.59 Å². The van der Waals surface area contributed by atoms with E-state index in [0.29, 0.717) is 5.69 Å². The fourth-order valence-corrected chi connectivity index (χ4v) is 3.73. The van der Waals surface area contributed by atoms with Crippen LogP contribution in [-0.4, -0.2) is 23.5 Å². The number of aromatic nitrogens is 1. The Morgan fingerprint density at radius 2 is 1.47 bits per heavy atom. The second kappa shape index (κ2) is 9.15. The summed E-state index contributed by atoms with van der Waals surface area (Å²) in [6.07, 6.45) is 0. The molecule has 148 valence electrons. The summed E-state index contributed by atoms with van der Waals surface area (Å²) in [6.45, 7) is -0.389. The van der Waals surface area contributed by atoms with Crippen molar-refractivity contribution in [2.24, 2.45) is 0 Å². The largest absolute Gasteiger partial charge is 0.451 e. The first-order chi connectivity index (χ1) is 14.7. The zero-order valence-corrected chi connectivity index (χ0v) is 16.8. The summed E-state index contributed by atoms with van der Waals surface area (Å²) in [6, 6.07) is 26.8. The van der Waals surface area contributed by atoms with Crippen molar-refractivity contribution < 1.29 is 14.3 Å². The normalized spacial score (nSPS) is 10.4. The molecule has 1 amide bonds. The van der Waals surface area contributed by atoms with Crippen LogP contribution in [0.5, 0.6) is 0 Å². The number of carbonyl (C=O) groups is 2. The lowest BCUT2D eigenvalue weighted by molar-refractivity contribution is -0.119. The molecular formula is C24H18N2O3S. The Morgan fingerprint density at radius 3 is 2.20 bits per heavy atom. The highest BCUT2D eigenvalue weighted by atomic mass is 32.1. The van der Waals surface area contributed by atoms with E-state index in [1.165, 1.54) is 11.3 Å². The molecule has 4 rings (SSSR count). The Bertz CT molecular complexity index is 1160. The fraction of sp³-hybridized carbons (Fsp3) is 0.0417. The van der Waals surface area contributed by atoms with Crippen LogP contribution in [0.15, 0.2) is 90.3 Å². The minimum Gasteiger partial charge on any atom is -0.451 e. The highest BCUT2D eigenvalue weighted by Crippen LogP contribution is 2.27. The third-order valence-electron chi connectivity index (χ3n) is 4.35. The molecule has 3 aromatic carbocycles. The van der Waals surface area contributed by atoms with Crippen molar-refractivity contribution in [2.45, 2.75) is 0 Å². The van der Waals surface area contributed by atoms with E-state index >= 15 is 0 Å². The van der Waals surface area contributed by atoms with Gasteiger partial charge >= 0.3 is 5.97 Å². The monoisotopic (exact) mass is 414 g/mol. The van der Waals surface area contributed by atoms with Gasteiger partial charge in [-0.2, -0.15) is 0 Å². The number of para-hydroxylation sites is 1. The van der Waals surface area contributed by atoms with Crippen LogP contribution in [0.3, 0.4) is 0 Å². The lowest BCUT2D eigenvalue weighted by atomic mass is 10.0. The smallest absolute Gasteiger partial charge is 0.358 e. The summed E-state index contributed by atoms with van der Waals surface area (Å²) >= 11 is 1.35. The molecule has 30 heavy (non-hydrogen) atoms. The molecule has 0 aliphatic carbocycles. The second-order valence-corrected chi connectivity index (χ2v) is 7.30. The van der Waals surface area contributed by atoms with Crippen molar-refractivity contribution >= 4 is 28.9 Å². The van der Waals surface area contributed by atoms with E-state index in [4.69, 9.17) is 4.74 Å². The van der Waals surface area contributed by atoms with Crippen molar-refractivity contribution in [2.75, 3.05) is 11.9 Å². The first-order valence-corrected chi connectivity index (χ1v) is 10.2. The zero-order valence-electron chi connectivity index (χ0n) is 15.9. The number of nitrogens with one attached hydrogen (secondary N) is 1. The molecule has 0 atom stereocenters. The molecule has 0 aliphatic heterocycles. The maximum Gasteiger partial charge on any atom is 0.358 e. The quantitative estimate of drug-likeness (QED) is 0.436. The Kier molecular flexibility index (Phi) is 5.96. The molecule has 5 nitrogen and oxygen atoms in total. The van der Waals surface area contributed by atoms with E-state index in [1.807, 2.05) is 84.9 Å². The van der Waals surface area contributed by atoms with Crippen LogP contribution in [0.4, 0.5) is 5.69 Å². The van der Waals surface area contributed by atoms with Crippen molar-refractivity contribution in [3.63, 3.8) is 0 Å². The van der Waals surface area contributed by atoms with Gasteiger partial charge in [0.2, 0.25) is 0 Å². The van der Waals surface area contributed by atoms with Crippen molar-refractivity contribution in [3.8, 4) is 21.7 Å². The van der Waals surface area contributed by atoms with Crippen LogP contribution in [0.1, 0.15) is 10.5 Å². The summed E-state index contributed by atoms with van der Waals surface area (Å²) in [5.74, 6) is -1.04. The summed E-state index contributed by atoms with van der Waals surface area (Å²) in [5.41, 5.74) is 3.66. The minimum absolute atomic E-state index is 0.191. The Morgan fingerprint density at radius 1 is 0.833 bits per heavy atom. The Hall–Kier alpha value is -3.77. The van der Waals surface area contributed by atoms with Gasteiger partial charge in [0, 0.05) is 22.2 Å². The number of rotatable bonds is 6. The van der Waals surface area contributed by atoms with Gasteiger partial charge in [-0.1, -0.05) is 78.9 Å². The maximum atomic E-state index is 12.4. The van der Waals surface area contributed by atoms with Crippen molar-refractivity contribution in [1.29, 1.82) is 0 Å². The number of hydrogen-bond acceptors (Lipinski definition) is 5.